The monoisotopic (exact) mass is 289 g/mol. The van der Waals surface area contributed by atoms with Crippen molar-refractivity contribution in [3.63, 3.8) is 0 Å². The lowest BCUT2D eigenvalue weighted by molar-refractivity contribution is 0.107. The molecule has 0 bridgehead atoms. The molecule has 4 heteroatoms. The van der Waals surface area contributed by atoms with Crippen LogP contribution in [-0.2, 0) is 6.54 Å². The van der Waals surface area contributed by atoms with Gasteiger partial charge in [-0.3, -0.25) is 9.69 Å². The van der Waals surface area contributed by atoms with Gasteiger partial charge in [-0.25, -0.2) is 0 Å². The first-order chi connectivity index (χ1) is 10.3. The van der Waals surface area contributed by atoms with Crippen molar-refractivity contribution in [1.29, 1.82) is 0 Å². The number of rotatable bonds is 6. The second-order valence-electron chi connectivity index (χ2n) is 6.53. The topological polar surface area (TPSA) is 37.3 Å². The fraction of sp³-hybridized carbons (Fsp3) is 0.706. The van der Waals surface area contributed by atoms with Gasteiger partial charge in [-0.2, -0.15) is 0 Å². The van der Waals surface area contributed by atoms with E-state index in [9.17, 15) is 4.79 Å². The minimum absolute atomic E-state index is 0.112. The molecule has 0 spiro atoms. The highest BCUT2D eigenvalue weighted by Gasteiger charge is 2.38. The van der Waals surface area contributed by atoms with Crippen molar-refractivity contribution >= 4 is 0 Å². The third kappa shape index (κ3) is 3.74. The highest BCUT2D eigenvalue weighted by Crippen LogP contribution is 2.36. The Morgan fingerprint density at radius 1 is 1.29 bits per heavy atom. The number of nitrogens with one attached hydrogen (secondary N) is 1. The highest BCUT2D eigenvalue weighted by atomic mass is 16.1. The van der Waals surface area contributed by atoms with Gasteiger partial charge in [0.15, 0.2) is 0 Å². The summed E-state index contributed by atoms with van der Waals surface area (Å²) in [6.07, 6.45) is 7.15. The molecule has 116 valence electrons. The first kappa shape index (κ1) is 14.8. The summed E-state index contributed by atoms with van der Waals surface area (Å²) in [5.41, 5.74) is 0.112. The predicted molar refractivity (Wildman–Crippen MR) is 85.5 cm³/mol. The lowest BCUT2D eigenvalue weighted by atomic mass is 10.0. The Balaban J connectivity index is 1.62. The number of aromatic nitrogens is 1. The predicted octanol–water partition coefficient (Wildman–Crippen LogP) is 1.70. The fourth-order valence-electron chi connectivity index (χ4n) is 3.53. The number of hydrogen-bond acceptors (Lipinski definition) is 3. The molecule has 21 heavy (non-hydrogen) atoms. The first-order valence-electron chi connectivity index (χ1n) is 8.41. The number of piperazine rings is 1. The smallest absolute Gasteiger partial charge is 0.250 e. The molecule has 2 heterocycles. The van der Waals surface area contributed by atoms with E-state index < -0.39 is 0 Å². The third-order valence-electron chi connectivity index (χ3n) is 4.87. The van der Waals surface area contributed by atoms with Gasteiger partial charge >= 0.3 is 0 Å². The van der Waals surface area contributed by atoms with Crippen LogP contribution in [0.5, 0.6) is 0 Å². The van der Waals surface area contributed by atoms with E-state index in [0.29, 0.717) is 12.1 Å². The molecule has 1 N–H and O–H groups in total. The summed E-state index contributed by atoms with van der Waals surface area (Å²) in [5, 5.41) is 3.72. The zero-order valence-corrected chi connectivity index (χ0v) is 13.0. The van der Waals surface area contributed by atoms with Gasteiger partial charge in [0.05, 0.1) is 0 Å². The molecule has 4 nitrogen and oxygen atoms in total. The van der Waals surface area contributed by atoms with Crippen molar-refractivity contribution in [2.75, 3.05) is 19.6 Å². The average molecular weight is 289 g/mol. The second-order valence-corrected chi connectivity index (χ2v) is 6.53. The molecule has 2 aliphatic rings. The van der Waals surface area contributed by atoms with Crippen molar-refractivity contribution in [3.8, 4) is 0 Å². The highest BCUT2D eigenvalue weighted by molar-refractivity contribution is 4.96. The van der Waals surface area contributed by atoms with Crippen LogP contribution in [0.4, 0.5) is 0 Å². The van der Waals surface area contributed by atoms with E-state index in [1.54, 1.807) is 6.07 Å². The van der Waals surface area contributed by atoms with E-state index in [-0.39, 0.29) is 5.56 Å². The normalized spacial score (nSPS) is 26.9. The standard InChI is InChI=1S/C17H27N3O/c1-2-5-15-13-20(16(12-18-15)14-7-8-14)11-10-19-9-4-3-6-17(19)21/h3-4,6,9,14-16,18H,2,5,7-8,10-13H2,1H3. The molecule has 0 aromatic carbocycles. The van der Waals surface area contributed by atoms with Crippen molar-refractivity contribution < 1.29 is 0 Å². The van der Waals surface area contributed by atoms with Crippen molar-refractivity contribution in [3.05, 3.63) is 34.7 Å². The molecule has 2 unspecified atom stereocenters. The van der Waals surface area contributed by atoms with Gasteiger partial charge in [0.25, 0.3) is 5.56 Å². The first-order valence-corrected chi connectivity index (χ1v) is 8.41. The van der Waals surface area contributed by atoms with Gasteiger partial charge in [0.2, 0.25) is 0 Å². The van der Waals surface area contributed by atoms with Gasteiger partial charge in [0.1, 0.15) is 0 Å². The fourth-order valence-corrected chi connectivity index (χ4v) is 3.53. The molecule has 0 radical (unpaired) electrons. The van der Waals surface area contributed by atoms with E-state index in [2.05, 4.69) is 17.1 Å². The molecule has 1 aromatic heterocycles. The minimum Gasteiger partial charge on any atom is -0.314 e. The molecule has 0 amide bonds. The van der Waals surface area contributed by atoms with E-state index in [4.69, 9.17) is 0 Å². The van der Waals surface area contributed by atoms with E-state index in [1.165, 1.54) is 25.7 Å². The van der Waals surface area contributed by atoms with E-state index in [0.717, 1.165) is 32.1 Å². The van der Waals surface area contributed by atoms with Crippen molar-refractivity contribution in [2.45, 2.75) is 51.2 Å². The minimum atomic E-state index is 0.112. The second kappa shape index (κ2) is 6.75. The molecular formula is C17H27N3O. The maximum atomic E-state index is 11.8. The van der Waals surface area contributed by atoms with Gasteiger partial charge < -0.3 is 9.88 Å². The summed E-state index contributed by atoms with van der Waals surface area (Å²) in [4.78, 5) is 14.5. The summed E-state index contributed by atoms with van der Waals surface area (Å²) >= 11 is 0. The lowest BCUT2D eigenvalue weighted by Gasteiger charge is -2.41. The number of nitrogens with zero attached hydrogens (tertiary/aromatic N) is 2. The third-order valence-corrected chi connectivity index (χ3v) is 4.87. The SMILES string of the molecule is CCCC1CN(CCn2ccccc2=O)C(C2CC2)CN1. The van der Waals surface area contributed by atoms with Crippen LogP contribution < -0.4 is 10.9 Å². The molecule has 2 fully saturated rings. The Bertz CT molecular complexity index is 509. The molecule has 1 aliphatic carbocycles. The van der Waals surface area contributed by atoms with Crippen LogP contribution in [0.15, 0.2) is 29.2 Å². The van der Waals surface area contributed by atoms with Crippen molar-refractivity contribution in [2.24, 2.45) is 5.92 Å². The van der Waals surface area contributed by atoms with Gasteiger partial charge in [-0.15, -0.1) is 0 Å². The maximum Gasteiger partial charge on any atom is 0.250 e. The van der Waals surface area contributed by atoms with Crippen LogP contribution in [-0.4, -0.2) is 41.2 Å². The molecule has 2 atom stereocenters. The maximum absolute atomic E-state index is 11.8. The summed E-state index contributed by atoms with van der Waals surface area (Å²) in [7, 11) is 0. The Labute approximate surface area is 127 Å². The van der Waals surface area contributed by atoms with E-state index in [1.807, 2.05) is 22.9 Å². The number of pyridine rings is 1. The quantitative estimate of drug-likeness (QED) is 0.866. The van der Waals surface area contributed by atoms with E-state index >= 15 is 0 Å². The number of hydrogen-bond donors (Lipinski definition) is 1. The molecule has 3 rings (SSSR count). The van der Waals surface area contributed by atoms with Crippen LogP contribution in [0.1, 0.15) is 32.6 Å². The molecule has 1 aromatic rings. The van der Waals surface area contributed by atoms with Gasteiger partial charge in [0, 0.05) is 50.5 Å². The van der Waals surface area contributed by atoms with Gasteiger partial charge in [-0.05, 0) is 31.2 Å². The van der Waals surface area contributed by atoms with Crippen LogP contribution in [0.2, 0.25) is 0 Å². The average Bonchev–Trinajstić information content (AvgIpc) is 3.32. The Morgan fingerprint density at radius 2 is 2.14 bits per heavy atom. The van der Waals surface area contributed by atoms with Crippen LogP contribution in [0.3, 0.4) is 0 Å². The zero-order valence-electron chi connectivity index (χ0n) is 13.0. The largest absolute Gasteiger partial charge is 0.314 e. The van der Waals surface area contributed by atoms with Crippen LogP contribution in [0, 0.1) is 5.92 Å². The van der Waals surface area contributed by atoms with Crippen LogP contribution >= 0.6 is 0 Å². The van der Waals surface area contributed by atoms with Crippen LogP contribution in [0.25, 0.3) is 0 Å². The van der Waals surface area contributed by atoms with Gasteiger partial charge in [-0.1, -0.05) is 19.4 Å². The molecular weight excluding hydrogens is 262 g/mol. The molecule has 1 aliphatic heterocycles. The Kier molecular flexibility index (Phi) is 4.76. The molecule has 1 saturated heterocycles. The Morgan fingerprint density at radius 3 is 2.86 bits per heavy atom. The zero-order chi connectivity index (χ0) is 14.7. The summed E-state index contributed by atoms with van der Waals surface area (Å²) in [6, 6.07) is 6.71. The lowest BCUT2D eigenvalue weighted by Crippen LogP contribution is -2.57. The summed E-state index contributed by atoms with van der Waals surface area (Å²) in [6.45, 7) is 6.31. The Hall–Kier alpha value is -1.13. The van der Waals surface area contributed by atoms with Crippen molar-refractivity contribution in [1.82, 2.24) is 14.8 Å². The summed E-state index contributed by atoms with van der Waals surface area (Å²) < 4.78 is 1.83. The molecule has 1 saturated carbocycles. The summed E-state index contributed by atoms with van der Waals surface area (Å²) in [5.74, 6) is 0.882.